The second kappa shape index (κ2) is 6.50. The quantitative estimate of drug-likeness (QED) is 0.522. The molecule has 1 aromatic heterocycles. The van der Waals surface area contributed by atoms with Crippen LogP contribution in [0.25, 0.3) is 0 Å². The smallest absolute Gasteiger partial charge is 0.451 e. The van der Waals surface area contributed by atoms with Crippen LogP contribution in [0.1, 0.15) is 26.6 Å². The summed E-state index contributed by atoms with van der Waals surface area (Å²) in [4.78, 5) is 18.3. The Labute approximate surface area is 124 Å². The van der Waals surface area contributed by atoms with E-state index in [1.807, 2.05) is 0 Å². The van der Waals surface area contributed by atoms with Crippen LogP contribution in [0.15, 0.2) is 11.1 Å². The van der Waals surface area contributed by atoms with Crippen molar-refractivity contribution in [1.29, 1.82) is 0 Å². The molecule has 0 saturated carbocycles. The summed E-state index contributed by atoms with van der Waals surface area (Å²) in [5.41, 5.74) is -0.642. The number of anilines is 1. The number of hydrogen-bond acceptors (Lipinski definition) is 6. The molecule has 0 unspecified atom stereocenters. The number of alkyl halides is 3. The van der Waals surface area contributed by atoms with Gasteiger partial charge in [0.2, 0.25) is 5.82 Å². The van der Waals surface area contributed by atoms with Gasteiger partial charge in [0.1, 0.15) is 16.4 Å². The summed E-state index contributed by atoms with van der Waals surface area (Å²) >= 11 is 0.863. The van der Waals surface area contributed by atoms with Gasteiger partial charge in [-0.3, -0.25) is 4.79 Å². The fourth-order valence-electron chi connectivity index (χ4n) is 1.26. The molecule has 1 N–H and O–H groups in total. The van der Waals surface area contributed by atoms with E-state index in [0.29, 0.717) is 0 Å². The van der Waals surface area contributed by atoms with Crippen LogP contribution in [0, 0.1) is 0 Å². The van der Waals surface area contributed by atoms with Crippen LogP contribution in [0.2, 0.25) is 0 Å². The molecule has 1 rings (SSSR count). The number of carbonyl (C=O) groups is 1. The molecule has 0 aliphatic rings. The minimum absolute atomic E-state index is 0.0315. The first-order chi connectivity index (χ1) is 9.51. The van der Waals surface area contributed by atoms with Crippen molar-refractivity contribution in [2.45, 2.75) is 37.6 Å². The van der Waals surface area contributed by atoms with E-state index in [0.717, 1.165) is 11.8 Å². The second-order valence-electron chi connectivity index (χ2n) is 5.04. The lowest BCUT2D eigenvalue weighted by atomic mass is 10.2. The summed E-state index contributed by atoms with van der Waals surface area (Å²) in [5, 5.41) is 2.57. The summed E-state index contributed by atoms with van der Waals surface area (Å²) < 4.78 is 43.0. The minimum Gasteiger partial charge on any atom is -0.459 e. The van der Waals surface area contributed by atoms with E-state index in [-0.39, 0.29) is 16.6 Å². The van der Waals surface area contributed by atoms with E-state index in [1.165, 1.54) is 13.1 Å². The van der Waals surface area contributed by atoms with E-state index in [4.69, 9.17) is 4.74 Å². The number of esters is 1. The predicted octanol–water partition coefficient (Wildman–Crippen LogP) is 2.97. The third-order valence-corrected chi connectivity index (χ3v) is 2.86. The minimum atomic E-state index is -4.64. The third kappa shape index (κ3) is 6.19. The Morgan fingerprint density at radius 3 is 2.43 bits per heavy atom. The lowest BCUT2D eigenvalue weighted by Gasteiger charge is -2.19. The van der Waals surface area contributed by atoms with Crippen molar-refractivity contribution in [3.63, 3.8) is 0 Å². The summed E-state index contributed by atoms with van der Waals surface area (Å²) in [7, 11) is 1.45. The molecule has 0 amide bonds. The summed E-state index contributed by atoms with van der Waals surface area (Å²) in [6, 6.07) is 1.34. The van der Waals surface area contributed by atoms with Gasteiger partial charge in [-0.15, -0.1) is 0 Å². The average Bonchev–Trinajstić information content (AvgIpc) is 2.33. The molecule has 1 aromatic rings. The summed E-state index contributed by atoms with van der Waals surface area (Å²) in [6.07, 6.45) is -4.64. The summed E-state index contributed by atoms with van der Waals surface area (Å²) in [5.74, 6) is -1.87. The van der Waals surface area contributed by atoms with Gasteiger partial charge in [-0.2, -0.15) is 13.2 Å². The Hall–Kier alpha value is -1.51. The number of nitrogens with zero attached hydrogens (tertiary/aromatic N) is 2. The topological polar surface area (TPSA) is 64.1 Å². The molecule has 1 heterocycles. The van der Waals surface area contributed by atoms with Crippen molar-refractivity contribution >= 4 is 23.5 Å². The number of nitrogens with one attached hydrogen (secondary N) is 1. The highest BCUT2D eigenvalue weighted by molar-refractivity contribution is 7.99. The van der Waals surface area contributed by atoms with Crippen molar-refractivity contribution in [2.75, 3.05) is 18.1 Å². The standard InChI is InChI=1S/C12H16F3N3O2S/c1-11(2,3)20-9(19)6-21-8-5-7(16-4)17-10(18-8)12(13,14)15/h5H,6H2,1-4H3,(H,16,17,18). The number of carbonyl (C=O) groups excluding carboxylic acids is 1. The van der Waals surface area contributed by atoms with Gasteiger partial charge in [-0.25, -0.2) is 9.97 Å². The molecule has 21 heavy (non-hydrogen) atoms. The Morgan fingerprint density at radius 1 is 1.33 bits per heavy atom. The molecule has 5 nitrogen and oxygen atoms in total. The predicted molar refractivity (Wildman–Crippen MR) is 73.1 cm³/mol. The number of aromatic nitrogens is 2. The molecule has 0 radical (unpaired) electrons. The molecule has 0 atom stereocenters. The molecule has 0 spiro atoms. The van der Waals surface area contributed by atoms with Crippen LogP contribution in [0.4, 0.5) is 19.0 Å². The third-order valence-electron chi connectivity index (χ3n) is 1.97. The number of rotatable bonds is 4. The maximum Gasteiger partial charge on any atom is 0.451 e. The van der Waals surface area contributed by atoms with Crippen LogP contribution in [0.5, 0.6) is 0 Å². The average molecular weight is 323 g/mol. The van der Waals surface area contributed by atoms with Crippen molar-refractivity contribution in [1.82, 2.24) is 9.97 Å². The molecule has 118 valence electrons. The van der Waals surface area contributed by atoms with Crippen LogP contribution in [-0.2, 0) is 15.7 Å². The molecule has 0 aliphatic heterocycles. The van der Waals surface area contributed by atoms with Crippen molar-refractivity contribution in [2.24, 2.45) is 0 Å². The first-order valence-electron chi connectivity index (χ1n) is 6.00. The van der Waals surface area contributed by atoms with Crippen LogP contribution >= 0.6 is 11.8 Å². The molecule has 0 aliphatic carbocycles. The van der Waals surface area contributed by atoms with Gasteiger partial charge >= 0.3 is 12.1 Å². The maximum absolute atomic E-state index is 12.7. The van der Waals surface area contributed by atoms with Crippen LogP contribution in [0.3, 0.4) is 0 Å². The Morgan fingerprint density at radius 2 is 1.95 bits per heavy atom. The first kappa shape index (κ1) is 17.5. The normalized spacial score (nSPS) is 12.1. The molecular weight excluding hydrogens is 307 g/mol. The molecule has 0 bridgehead atoms. The van der Waals surface area contributed by atoms with E-state index in [2.05, 4.69) is 15.3 Å². The van der Waals surface area contributed by atoms with Crippen molar-refractivity contribution in [3.8, 4) is 0 Å². The number of hydrogen-bond donors (Lipinski definition) is 1. The fraction of sp³-hybridized carbons (Fsp3) is 0.583. The Bertz CT molecular complexity index is 515. The zero-order chi connectivity index (χ0) is 16.3. The zero-order valence-corrected chi connectivity index (χ0v) is 12.9. The van der Waals surface area contributed by atoms with Crippen LogP contribution < -0.4 is 5.32 Å². The van der Waals surface area contributed by atoms with Gasteiger partial charge in [-0.05, 0) is 20.8 Å². The van der Waals surface area contributed by atoms with Gasteiger partial charge in [0.05, 0.1) is 5.75 Å². The van der Waals surface area contributed by atoms with Gasteiger partial charge in [0.15, 0.2) is 0 Å². The van der Waals surface area contributed by atoms with Gasteiger partial charge in [-0.1, -0.05) is 11.8 Å². The molecule has 0 saturated heterocycles. The van der Waals surface area contributed by atoms with E-state index in [1.54, 1.807) is 20.8 Å². The lowest BCUT2D eigenvalue weighted by molar-refractivity contribution is -0.151. The van der Waals surface area contributed by atoms with Gasteiger partial charge in [0, 0.05) is 13.1 Å². The monoisotopic (exact) mass is 323 g/mol. The van der Waals surface area contributed by atoms with Gasteiger partial charge in [0.25, 0.3) is 0 Å². The fourth-order valence-corrected chi connectivity index (χ4v) is 1.93. The lowest BCUT2D eigenvalue weighted by Crippen LogP contribution is -2.25. The Kier molecular flexibility index (Phi) is 5.43. The highest BCUT2D eigenvalue weighted by atomic mass is 32.2. The molecular formula is C12H16F3N3O2S. The van der Waals surface area contributed by atoms with E-state index in [9.17, 15) is 18.0 Å². The van der Waals surface area contributed by atoms with Crippen molar-refractivity contribution < 1.29 is 22.7 Å². The summed E-state index contributed by atoms with van der Waals surface area (Å²) in [6.45, 7) is 5.13. The molecule has 9 heteroatoms. The van der Waals surface area contributed by atoms with Gasteiger partial charge < -0.3 is 10.1 Å². The highest BCUT2D eigenvalue weighted by Crippen LogP contribution is 2.29. The highest BCUT2D eigenvalue weighted by Gasteiger charge is 2.35. The molecule has 0 fully saturated rings. The zero-order valence-electron chi connectivity index (χ0n) is 12.0. The Balaban J connectivity index is 2.82. The second-order valence-corrected chi connectivity index (χ2v) is 6.03. The first-order valence-corrected chi connectivity index (χ1v) is 6.98. The van der Waals surface area contributed by atoms with E-state index >= 15 is 0 Å². The maximum atomic E-state index is 12.7. The van der Waals surface area contributed by atoms with Crippen molar-refractivity contribution in [3.05, 3.63) is 11.9 Å². The molecule has 0 aromatic carbocycles. The largest absolute Gasteiger partial charge is 0.459 e. The van der Waals surface area contributed by atoms with E-state index < -0.39 is 23.6 Å². The number of halogens is 3. The van der Waals surface area contributed by atoms with Crippen LogP contribution in [-0.4, -0.2) is 34.3 Å². The number of ether oxygens (including phenoxy) is 1. The number of thioether (sulfide) groups is 1. The SMILES string of the molecule is CNc1cc(SCC(=O)OC(C)(C)C)nc(C(F)(F)F)n1.